The lowest BCUT2D eigenvalue weighted by atomic mass is 10.0. The van der Waals surface area contributed by atoms with Crippen LogP contribution in [0.25, 0.3) is 10.7 Å². The molecule has 1 aliphatic heterocycles. The first-order valence-corrected chi connectivity index (χ1v) is 9.67. The molecule has 3 heterocycles. The maximum Gasteiger partial charge on any atom is 0.203 e. The van der Waals surface area contributed by atoms with Gasteiger partial charge >= 0.3 is 0 Å². The molecule has 4 rings (SSSR count). The van der Waals surface area contributed by atoms with Crippen LogP contribution in [0, 0.1) is 4.77 Å². The average molecular weight is 358 g/mol. The Morgan fingerprint density at radius 1 is 1.21 bits per heavy atom. The normalized spacial score (nSPS) is 17.0. The van der Waals surface area contributed by atoms with Gasteiger partial charge in [0.2, 0.25) is 4.77 Å². The molecule has 1 aromatic carbocycles. The molecule has 1 atom stereocenters. The highest BCUT2D eigenvalue weighted by Gasteiger charge is 2.21. The van der Waals surface area contributed by atoms with Gasteiger partial charge in [0.1, 0.15) is 6.54 Å². The number of hydrogen-bond acceptors (Lipinski definition) is 3. The van der Waals surface area contributed by atoms with E-state index in [2.05, 4.69) is 53.3 Å². The van der Waals surface area contributed by atoms with Crippen LogP contribution in [0.5, 0.6) is 0 Å². The zero-order chi connectivity index (χ0) is 16.5. The monoisotopic (exact) mass is 357 g/mol. The van der Waals surface area contributed by atoms with Crippen LogP contribution in [0.3, 0.4) is 0 Å². The SMILES string of the molecule is CCn1c(-c2cccs2)nn(C[NH+]2CCc3ccccc3C2)c1=S. The fraction of sp³-hybridized carbons (Fsp3) is 0.333. The first kappa shape index (κ1) is 15.7. The Hall–Kier alpha value is -1.76. The van der Waals surface area contributed by atoms with Crippen LogP contribution in [-0.2, 0) is 26.2 Å². The number of benzene rings is 1. The van der Waals surface area contributed by atoms with Gasteiger partial charge < -0.3 is 4.90 Å². The van der Waals surface area contributed by atoms with E-state index in [-0.39, 0.29) is 0 Å². The molecule has 0 spiro atoms. The number of thiophene rings is 1. The van der Waals surface area contributed by atoms with E-state index in [1.807, 2.05) is 4.68 Å². The average Bonchev–Trinajstić information content (AvgIpc) is 3.23. The van der Waals surface area contributed by atoms with E-state index in [9.17, 15) is 0 Å². The fourth-order valence-corrected chi connectivity index (χ4v) is 4.45. The third-order valence-corrected chi connectivity index (χ3v) is 5.96. The largest absolute Gasteiger partial charge is 0.312 e. The molecule has 0 bridgehead atoms. The van der Waals surface area contributed by atoms with E-state index in [0.717, 1.165) is 43.3 Å². The molecule has 3 aromatic rings. The Bertz CT molecular complexity index is 892. The number of hydrogen-bond donors (Lipinski definition) is 1. The second-order valence-corrected chi connectivity index (χ2v) is 7.49. The topological polar surface area (TPSA) is 27.2 Å². The summed E-state index contributed by atoms with van der Waals surface area (Å²) >= 11 is 7.40. The molecular formula is C18H21N4S2+. The Kier molecular flexibility index (Phi) is 4.35. The van der Waals surface area contributed by atoms with E-state index < -0.39 is 0 Å². The second-order valence-electron chi connectivity index (χ2n) is 6.18. The van der Waals surface area contributed by atoms with E-state index >= 15 is 0 Å². The minimum absolute atomic E-state index is 0.826. The third-order valence-electron chi connectivity index (χ3n) is 4.66. The zero-order valence-electron chi connectivity index (χ0n) is 13.7. The summed E-state index contributed by atoms with van der Waals surface area (Å²) in [6.45, 7) is 5.99. The third kappa shape index (κ3) is 2.85. The first-order valence-electron chi connectivity index (χ1n) is 8.38. The van der Waals surface area contributed by atoms with E-state index in [1.165, 1.54) is 20.9 Å². The van der Waals surface area contributed by atoms with Crippen molar-refractivity contribution < 1.29 is 4.90 Å². The Balaban J connectivity index is 1.61. The number of nitrogens with zero attached hydrogens (tertiary/aromatic N) is 3. The van der Waals surface area contributed by atoms with E-state index in [4.69, 9.17) is 17.3 Å². The van der Waals surface area contributed by atoms with Gasteiger partial charge in [-0.25, -0.2) is 0 Å². The maximum atomic E-state index is 5.69. The van der Waals surface area contributed by atoms with Crippen LogP contribution in [0.2, 0.25) is 0 Å². The molecule has 2 aromatic heterocycles. The minimum Gasteiger partial charge on any atom is -0.312 e. The molecule has 0 amide bonds. The molecule has 4 nitrogen and oxygen atoms in total. The molecule has 124 valence electrons. The predicted octanol–water partition coefficient (Wildman–Crippen LogP) is 2.76. The highest BCUT2D eigenvalue weighted by Crippen LogP contribution is 2.23. The molecule has 24 heavy (non-hydrogen) atoms. The van der Waals surface area contributed by atoms with E-state index in [0.29, 0.717) is 0 Å². The van der Waals surface area contributed by atoms with Crippen molar-refractivity contribution in [2.24, 2.45) is 0 Å². The van der Waals surface area contributed by atoms with Crippen LogP contribution in [-0.4, -0.2) is 20.9 Å². The van der Waals surface area contributed by atoms with Crippen molar-refractivity contribution in [1.29, 1.82) is 0 Å². The Morgan fingerprint density at radius 2 is 2.04 bits per heavy atom. The quantitative estimate of drug-likeness (QED) is 0.727. The maximum absolute atomic E-state index is 5.69. The minimum atomic E-state index is 0.826. The zero-order valence-corrected chi connectivity index (χ0v) is 15.4. The first-order chi connectivity index (χ1) is 11.8. The summed E-state index contributed by atoms with van der Waals surface area (Å²) in [5.74, 6) is 0.995. The summed E-state index contributed by atoms with van der Waals surface area (Å²) in [6.07, 6.45) is 1.13. The molecule has 1 unspecified atom stereocenters. The second kappa shape index (κ2) is 6.63. The fourth-order valence-electron chi connectivity index (χ4n) is 3.41. The number of aromatic nitrogens is 3. The molecule has 0 saturated heterocycles. The van der Waals surface area contributed by atoms with Gasteiger partial charge in [-0.05, 0) is 36.2 Å². The van der Waals surface area contributed by atoms with Gasteiger partial charge in [0.05, 0.1) is 11.4 Å². The smallest absolute Gasteiger partial charge is 0.203 e. The lowest BCUT2D eigenvalue weighted by Crippen LogP contribution is -3.11. The van der Waals surface area contributed by atoms with Gasteiger partial charge in [-0.15, -0.1) is 16.4 Å². The Labute approximate surface area is 151 Å². The number of fused-ring (bicyclic) bond motifs is 1. The van der Waals surface area contributed by atoms with Gasteiger partial charge in [-0.2, -0.15) is 4.68 Å². The summed E-state index contributed by atoms with van der Waals surface area (Å²) in [5.41, 5.74) is 2.95. The van der Waals surface area contributed by atoms with Crippen molar-refractivity contribution in [2.45, 2.75) is 33.1 Å². The van der Waals surface area contributed by atoms with Crippen LogP contribution in [0.1, 0.15) is 18.1 Å². The van der Waals surface area contributed by atoms with Crippen molar-refractivity contribution >= 4 is 23.6 Å². The van der Waals surface area contributed by atoms with Crippen molar-refractivity contribution in [3.8, 4) is 10.7 Å². The molecule has 1 N–H and O–H groups in total. The van der Waals surface area contributed by atoms with Gasteiger partial charge in [0, 0.05) is 18.5 Å². The molecular weight excluding hydrogens is 336 g/mol. The highest BCUT2D eigenvalue weighted by molar-refractivity contribution is 7.71. The summed E-state index contributed by atoms with van der Waals surface area (Å²) in [7, 11) is 0. The Morgan fingerprint density at radius 3 is 2.79 bits per heavy atom. The summed E-state index contributed by atoms with van der Waals surface area (Å²) in [6, 6.07) is 12.9. The molecule has 0 radical (unpaired) electrons. The van der Waals surface area contributed by atoms with Gasteiger partial charge in [0.15, 0.2) is 12.5 Å². The molecule has 6 heteroatoms. The van der Waals surface area contributed by atoms with Crippen molar-refractivity contribution in [1.82, 2.24) is 14.3 Å². The molecule has 0 saturated carbocycles. The lowest BCUT2D eigenvalue weighted by Gasteiger charge is -2.25. The highest BCUT2D eigenvalue weighted by atomic mass is 32.1. The molecule has 0 aliphatic carbocycles. The predicted molar refractivity (Wildman–Crippen MR) is 99.7 cm³/mol. The van der Waals surface area contributed by atoms with Gasteiger partial charge in [-0.3, -0.25) is 4.57 Å². The van der Waals surface area contributed by atoms with E-state index in [1.54, 1.807) is 11.3 Å². The molecule has 0 fully saturated rings. The van der Waals surface area contributed by atoms with Crippen molar-refractivity contribution in [3.05, 3.63) is 57.7 Å². The summed E-state index contributed by atoms with van der Waals surface area (Å²) in [4.78, 5) is 2.70. The lowest BCUT2D eigenvalue weighted by molar-refractivity contribution is -0.939. The van der Waals surface area contributed by atoms with Crippen molar-refractivity contribution in [3.63, 3.8) is 0 Å². The van der Waals surface area contributed by atoms with Crippen LogP contribution in [0.4, 0.5) is 0 Å². The number of quaternary nitrogens is 1. The standard InChI is InChI=1S/C18H20N4S2/c1-2-21-17(16-8-5-11-24-16)19-22(18(21)23)13-20-10-9-14-6-3-4-7-15(14)12-20/h3-8,11H,2,9-10,12-13H2,1H3/p+1. The van der Waals surface area contributed by atoms with Crippen LogP contribution >= 0.6 is 23.6 Å². The van der Waals surface area contributed by atoms with Crippen LogP contribution < -0.4 is 4.90 Å². The summed E-state index contributed by atoms with van der Waals surface area (Å²) in [5, 5.41) is 6.93. The van der Waals surface area contributed by atoms with Gasteiger partial charge in [-0.1, -0.05) is 30.3 Å². The number of rotatable bonds is 4. The van der Waals surface area contributed by atoms with Gasteiger partial charge in [0.25, 0.3) is 0 Å². The molecule has 1 aliphatic rings. The summed E-state index contributed by atoms with van der Waals surface area (Å²) < 4.78 is 4.97. The van der Waals surface area contributed by atoms with Crippen LogP contribution in [0.15, 0.2) is 41.8 Å². The number of nitrogens with one attached hydrogen (secondary N) is 1. The van der Waals surface area contributed by atoms with Crippen molar-refractivity contribution in [2.75, 3.05) is 6.54 Å².